The highest BCUT2D eigenvalue weighted by Gasteiger charge is 2.46. The molecule has 1 atom stereocenters. The quantitative estimate of drug-likeness (QED) is 0.829. The van der Waals surface area contributed by atoms with E-state index in [1.54, 1.807) is 18.4 Å². The normalized spacial score (nSPS) is 23.5. The number of hydrogen-bond donors (Lipinski definition) is 1. The molecule has 1 aromatic rings. The maximum atomic E-state index is 4.98. The predicted octanol–water partition coefficient (Wildman–Crippen LogP) is 1.89. The fourth-order valence-corrected chi connectivity index (χ4v) is 2.12. The number of nitrogens with zero attached hydrogens (tertiary/aromatic N) is 2. The van der Waals surface area contributed by atoms with Crippen molar-refractivity contribution in [3.63, 3.8) is 0 Å². The number of rotatable bonds is 4. The van der Waals surface area contributed by atoms with Gasteiger partial charge in [-0.2, -0.15) is 0 Å². The summed E-state index contributed by atoms with van der Waals surface area (Å²) in [5, 5.41) is 13.3. The van der Waals surface area contributed by atoms with Gasteiger partial charge in [-0.1, -0.05) is 25.2 Å². The number of ether oxygens (including phenoxy) is 1. The van der Waals surface area contributed by atoms with Crippen LogP contribution >= 0.6 is 11.3 Å². The van der Waals surface area contributed by atoms with E-state index < -0.39 is 0 Å². The third-order valence-corrected chi connectivity index (χ3v) is 3.37. The molecule has 0 spiro atoms. The van der Waals surface area contributed by atoms with Crippen molar-refractivity contribution >= 4 is 16.5 Å². The Hall–Kier alpha value is -0.680. The van der Waals surface area contributed by atoms with Gasteiger partial charge in [0.1, 0.15) is 11.6 Å². The van der Waals surface area contributed by atoms with E-state index in [1.807, 2.05) is 0 Å². The summed E-state index contributed by atoms with van der Waals surface area (Å²) >= 11 is 1.57. The van der Waals surface area contributed by atoms with Crippen molar-refractivity contribution in [3.05, 3.63) is 5.01 Å². The van der Waals surface area contributed by atoms with Crippen LogP contribution in [-0.4, -0.2) is 23.3 Å². The molecule has 1 heterocycles. The number of anilines is 1. The van der Waals surface area contributed by atoms with Gasteiger partial charge < -0.3 is 10.1 Å². The lowest BCUT2D eigenvalue weighted by Gasteiger charge is -2.02. The first-order chi connectivity index (χ1) is 6.62. The molecule has 0 amide bonds. The highest BCUT2D eigenvalue weighted by molar-refractivity contribution is 7.15. The van der Waals surface area contributed by atoms with Gasteiger partial charge in [0.15, 0.2) is 0 Å². The van der Waals surface area contributed by atoms with Crippen molar-refractivity contribution in [3.8, 4) is 0 Å². The summed E-state index contributed by atoms with van der Waals surface area (Å²) in [5.41, 5.74) is 0.424. The van der Waals surface area contributed by atoms with Gasteiger partial charge in [0.2, 0.25) is 5.13 Å². The molecule has 5 heteroatoms. The molecule has 1 fully saturated rings. The van der Waals surface area contributed by atoms with E-state index in [-0.39, 0.29) is 0 Å². The highest BCUT2D eigenvalue weighted by atomic mass is 32.1. The Bertz CT molecular complexity index is 324. The molecule has 78 valence electrons. The average molecular weight is 213 g/mol. The Balaban J connectivity index is 1.91. The molecule has 1 N–H and O–H groups in total. The molecule has 1 unspecified atom stereocenters. The number of hydrogen-bond acceptors (Lipinski definition) is 5. The fraction of sp³-hybridized carbons (Fsp3) is 0.778. The van der Waals surface area contributed by atoms with Crippen molar-refractivity contribution in [1.29, 1.82) is 0 Å². The molecule has 1 saturated carbocycles. The van der Waals surface area contributed by atoms with Crippen molar-refractivity contribution in [2.45, 2.75) is 32.9 Å². The molecule has 0 aliphatic heterocycles. The summed E-state index contributed by atoms with van der Waals surface area (Å²) in [4.78, 5) is 0. The van der Waals surface area contributed by atoms with Gasteiger partial charge in [-0.25, -0.2) is 0 Å². The Labute approximate surface area is 87.7 Å². The largest absolute Gasteiger partial charge is 0.377 e. The lowest BCUT2D eigenvalue weighted by atomic mass is 10.2. The number of aromatic nitrogens is 2. The van der Waals surface area contributed by atoms with E-state index in [0.717, 1.165) is 10.1 Å². The molecule has 0 radical (unpaired) electrons. The Morgan fingerprint density at radius 3 is 2.86 bits per heavy atom. The van der Waals surface area contributed by atoms with Gasteiger partial charge in [0, 0.05) is 13.2 Å². The molecule has 0 aromatic carbocycles. The van der Waals surface area contributed by atoms with Crippen LogP contribution in [0.3, 0.4) is 0 Å². The van der Waals surface area contributed by atoms with Crippen molar-refractivity contribution in [2.75, 3.05) is 12.4 Å². The second-order valence-corrected chi connectivity index (χ2v) is 5.39. The first-order valence-corrected chi connectivity index (χ1v) is 5.51. The Kier molecular flexibility index (Phi) is 2.45. The topological polar surface area (TPSA) is 47.0 Å². The van der Waals surface area contributed by atoms with Crippen LogP contribution in [0.25, 0.3) is 0 Å². The SMILES string of the molecule is COCc1nnc(NC2CC2(C)C)s1. The molecule has 2 rings (SSSR count). The van der Waals surface area contributed by atoms with Crippen molar-refractivity contribution in [2.24, 2.45) is 5.41 Å². The van der Waals surface area contributed by atoms with Gasteiger partial charge in [-0.15, -0.1) is 10.2 Å². The van der Waals surface area contributed by atoms with Crippen LogP contribution in [-0.2, 0) is 11.3 Å². The lowest BCUT2D eigenvalue weighted by molar-refractivity contribution is 0.184. The molecule has 0 saturated heterocycles. The molecule has 1 aliphatic rings. The van der Waals surface area contributed by atoms with Crippen LogP contribution < -0.4 is 5.32 Å². The van der Waals surface area contributed by atoms with Crippen LogP contribution in [0.15, 0.2) is 0 Å². The molecule has 14 heavy (non-hydrogen) atoms. The molecular weight excluding hydrogens is 198 g/mol. The highest BCUT2D eigenvalue weighted by Crippen LogP contribution is 2.46. The molecule has 0 bridgehead atoms. The number of nitrogens with one attached hydrogen (secondary N) is 1. The van der Waals surface area contributed by atoms with Crippen molar-refractivity contribution in [1.82, 2.24) is 10.2 Å². The number of methoxy groups -OCH3 is 1. The molecule has 4 nitrogen and oxygen atoms in total. The van der Waals surface area contributed by atoms with Crippen LogP contribution in [0.5, 0.6) is 0 Å². The summed E-state index contributed by atoms with van der Waals surface area (Å²) in [6.45, 7) is 5.05. The van der Waals surface area contributed by atoms with Gasteiger partial charge >= 0.3 is 0 Å². The van der Waals surface area contributed by atoms with E-state index in [4.69, 9.17) is 4.74 Å². The summed E-state index contributed by atoms with van der Waals surface area (Å²) in [5.74, 6) is 0. The summed E-state index contributed by atoms with van der Waals surface area (Å²) < 4.78 is 4.98. The van der Waals surface area contributed by atoms with Crippen LogP contribution in [0.4, 0.5) is 5.13 Å². The molecule has 1 aliphatic carbocycles. The molecular formula is C9H15N3OS. The second-order valence-electron chi connectivity index (χ2n) is 4.32. The second kappa shape index (κ2) is 3.47. The van der Waals surface area contributed by atoms with Crippen molar-refractivity contribution < 1.29 is 4.74 Å². The zero-order valence-corrected chi connectivity index (χ0v) is 9.52. The van der Waals surface area contributed by atoms with Crippen LogP contribution in [0, 0.1) is 5.41 Å². The Morgan fingerprint density at radius 1 is 1.57 bits per heavy atom. The van der Waals surface area contributed by atoms with E-state index >= 15 is 0 Å². The van der Waals surface area contributed by atoms with Gasteiger partial charge in [0.25, 0.3) is 0 Å². The first-order valence-electron chi connectivity index (χ1n) is 4.70. The van der Waals surface area contributed by atoms with E-state index in [2.05, 4.69) is 29.4 Å². The van der Waals surface area contributed by atoms with Crippen LogP contribution in [0.1, 0.15) is 25.3 Å². The Morgan fingerprint density at radius 2 is 2.29 bits per heavy atom. The minimum absolute atomic E-state index is 0.424. The summed E-state index contributed by atoms with van der Waals surface area (Å²) in [6, 6.07) is 0.561. The van der Waals surface area contributed by atoms with E-state index in [9.17, 15) is 0 Å². The third-order valence-electron chi connectivity index (χ3n) is 2.55. The zero-order chi connectivity index (χ0) is 10.2. The first kappa shape index (κ1) is 9.86. The monoisotopic (exact) mass is 213 g/mol. The summed E-state index contributed by atoms with van der Waals surface area (Å²) in [6.07, 6.45) is 1.21. The predicted molar refractivity (Wildman–Crippen MR) is 56.4 cm³/mol. The minimum Gasteiger partial charge on any atom is -0.377 e. The van der Waals surface area contributed by atoms with E-state index in [0.29, 0.717) is 18.1 Å². The lowest BCUT2D eigenvalue weighted by Crippen LogP contribution is -2.07. The third kappa shape index (κ3) is 2.04. The zero-order valence-electron chi connectivity index (χ0n) is 8.70. The maximum Gasteiger partial charge on any atom is 0.205 e. The van der Waals surface area contributed by atoms with E-state index in [1.165, 1.54) is 6.42 Å². The van der Waals surface area contributed by atoms with Gasteiger partial charge in [0.05, 0.1) is 0 Å². The fourth-order valence-electron chi connectivity index (χ4n) is 1.36. The van der Waals surface area contributed by atoms with Gasteiger partial charge in [-0.05, 0) is 11.8 Å². The van der Waals surface area contributed by atoms with Gasteiger partial charge in [-0.3, -0.25) is 0 Å². The summed E-state index contributed by atoms with van der Waals surface area (Å²) in [7, 11) is 1.67. The molecule has 1 aromatic heterocycles. The van der Waals surface area contributed by atoms with Crippen LogP contribution in [0.2, 0.25) is 0 Å². The average Bonchev–Trinajstić information content (AvgIpc) is 2.55. The minimum atomic E-state index is 0.424. The maximum absolute atomic E-state index is 4.98. The standard InChI is InChI=1S/C9H15N3OS/c1-9(2)4-6(9)10-8-12-11-7(14-8)5-13-3/h6H,4-5H2,1-3H3,(H,10,12). The smallest absolute Gasteiger partial charge is 0.205 e.